The van der Waals surface area contributed by atoms with Gasteiger partial charge in [0.1, 0.15) is 0 Å². The van der Waals surface area contributed by atoms with E-state index in [1.54, 1.807) is 11.3 Å². The number of fused-ring (bicyclic) bond motifs is 3. The van der Waals surface area contributed by atoms with Crippen LogP contribution in [0.3, 0.4) is 0 Å². The van der Waals surface area contributed by atoms with E-state index < -0.39 is 7.14 Å². The molecule has 4 aromatic heterocycles. The summed E-state index contributed by atoms with van der Waals surface area (Å²) in [6.45, 7) is 0. The molecule has 0 radical (unpaired) electrons. The third-order valence-electron chi connectivity index (χ3n) is 9.38. The molecule has 0 fully saturated rings. The van der Waals surface area contributed by atoms with Crippen LogP contribution in [-0.2, 0) is 4.57 Å². The van der Waals surface area contributed by atoms with Crippen molar-refractivity contribution in [3.05, 3.63) is 183 Å². The molecular formula is C45H30N3OPS. The molecule has 0 saturated heterocycles. The molecule has 0 amide bonds. The minimum atomic E-state index is -3.07. The molecule has 0 atom stereocenters. The average molecular weight is 692 g/mol. The van der Waals surface area contributed by atoms with Crippen LogP contribution in [-0.4, -0.2) is 15.0 Å². The zero-order valence-electron chi connectivity index (χ0n) is 27.4. The molecule has 0 aliphatic rings. The molecule has 51 heavy (non-hydrogen) atoms. The Balaban J connectivity index is 1.23. The summed E-state index contributed by atoms with van der Waals surface area (Å²) in [5.74, 6) is 0. The summed E-state index contributed by atoms with van der Waals surface area (Å²) >= 11 is 1.79. The first-order valence-electron chi connectivity index (χ1n) is 16.8. The first-order chi connectivity index (χ1) is 25.2. The Morgan fingerprint density at radius 2 is 1.00 bits per heavy atom. The zero-order chi connectivity index (χ0) is 34.2. The van der Waals surface area contributed by atoms with Crippen LogP contribution >= 0.6 is 18.5 Å². The van der Waals surface area contributed by atoms with Gasteiger partial charge in [0.15, 0.2) is 7.14 Å². The van der Waals surface area contributed by atoms with Crippen molar-refractivity contribution in [3.8, 4) is 44.0 Å². The number of pyridine rings is 3. The molecule has 0 spiro atoms. The summed E-state index contributed by atoms with van der Waals surface area (Å²) in [5.41, 5.74) is 8.38. The van der Waals surface area contributed by atoms with E-state index in [0.717, 1.165) is 71.3 Å². The van der Waals surface area contributed by atoms with E-state index in [9.17, 15) is 4.57 Å². The van der Waals surface area contributed by atoms with Crippen LogP contribution < -0.4 is 15.9 Å². The van der Waals surface area contributed by atoms with Crippen LogP contribution in [0.4, 0.5) is 0 Å². The SMILES string of the molecule is O=P(c1ccccc1)(c1ccccc1)c1ccc(-c2ccc3c(c2)nc(-c2ccccc2)c2c(-c4ccncc4)c(-c4ccncc4)sc23)cc1. The van der Waals surface area contributed by atoms with Crippen molar-refractivity contribution >= 4 is 55.4 Å². The molecule has 0 N–H and O–H groups in total. The highest BCUT2D eigenvalue weighted by atomic mass is 32.1. The molecular weight excluding hydrogens is 662 g/mol. The molecule has 242 valence electrons. The van der Waals surface area contributed by atoms with Crippen molar-refractivity contribution in [1.82, 2.24) is 15.0 Å². The molecule has 0 bridgehead atoms. The van der Waals surface area contributed by atoms with Gasteiger partial charge in [-0.25, -0.2) is 4.98 Å². The first kappa shape index (κ1) is 31.0. The fourth-order valence-electron chi connectivity index (χ4n) is 6.91. The third kappa shape index (κ3) is 5.48. The normalized spacial score (nSPS) is 11.6. The van der Waals surface area contributed by atoms with Crippen molar-refractivity contribution in [2.24, 2.45) is 0 Å². The van der Waals surface area contributed by atoms with Gasteiger partial charge < -0.3 is 4.57 Å². The Bertz CT molecular complexity index is 2640. The minimum Gasteiger partial charge on any atom is -0.309 e. The van der Waals surface area contributed by atoms with Gasteiger partial charge in [0.05, 0.1) is 11.2 Å². The van der Waals surface area contributed by atoms with Crippen molar-refractivity contribution < 1.29 is 4.57 Å². The highest BCUT2D eigenvalue weighted by Gasteiger charge is 2.29. The summed E-state index contributed by atoms with van der Waals surface area (Å²) in [5, 5.41) is 4.69. The Hall–Kier alpha value is -6.00. The fourth-order valence-corrected chi connectivity index (χ4v) is 10.9. The van der Waals surface area contributed by atoms with Crippen LogP contribution in [0.1, 0.15) is 0 Å². The smallest absolute Gasteiger partial charge is 0.171 e. The van der Waals surface area contributed by atoms with Crippen molar-refractivity contribution in [2.45, 2.75) is 0 Å². The molecule has 9 aromatic rings. The summed E-state index contributed by atoms with van der Waals surface area (Å²) in [4.78, 5) is 15.2. The molecule has 6 heteroatoms. The number of thiophene rings is 1. The molecule has 9 rings (SSSR count). The van der Waals surface area contributed by atoms with E-state index in [0.29, 0.717) is 0 Å². The fraction of sp³-hybridized carbons (Fsp3) is 0. The second-order valence-electron chi connectivity index (χ2n) is 12.4. The molecule has 0 aliphatic heterocycles. The average Bonchev–Trinajstić information content (AvgIpc) is 3.63. The highest BCUT2D eigenvalue weighted by Crippen LogP contribution is 2.50. The third-order valence-corrected chi connectivity index (χ3v) is 13.7. The second-order valence-corrected chi connectivity index (χ2v) is 16.2. The number of aromatic nitrogens is 3. The van der Waals surface area contributed by atoms with Gasteiger partial charge >= 0.3 is 0 Å². The van der Waals surface area contributed by atoms with Gasteiger partial charge in [0, 0.05) is 72.2 Å². The Kier molecular flexibility index (Phi) is 7.93. The van der Waals surface area contributed by atoms with Gasteiger partial charge in [0.2, 0.25) is 0 Å². The number of hydrogen-bond donors (Lipinski definition) is 0. The summed E-state index contributed by atoms with van der Waals surface area (Å²) in [6, 6.07) is 53.1. The van der Waals surface area contributed by atoms with E-state index in [4.69, 9.17) is 4.98 Å². The van der Waals surface area contributed by atoms with Crippen LogP contribution in [0.15, 0.2) is 183 Å². The maximum Gasteiger partial charge on any atom is 0.171 e. The number of nitrogens with zero attached hydrogens (tertiary/aromatic N) is 3. The lowest BCUT2D eigenvalue weighted by molar-refractivity contribution is 0.592. The predicted molar refractivity (Wildman–Crippen MR) is 214 cm³/mol. The zero-order valence-corrected chi connectivity index (χ0v) is 29.1. The maximum atomic E-state index is 15.0. The lowest BCUT2D eigenvalue weighted by Gasteiger charge is -2.20. The number of benzene rings is 5. The molecule has 0 unspecified atom stereocenters. The van der Waals surface area contributed by atoms with E-state index in [1.165, 1.54) is 9.58 Å². The highest BCUT2D eigenvalue weighted by molar-refractivity contribution is 7.85. The molecule has 4 nitrogen and oxygen atoms in total. The Labute approximate surface area is 300 Å². The summed E-state index contributed by atoms with van der Waals surface area (Å²) in [7, 11) is -3.07. The van der Waals surface area contributed by atoms with Gasteiger partial charge in [-0.2, -0.15) is 0 Å². The van der Waals surface area contributed by atoms with E-state index in [-0.39, 0.29) is 0 Å². The van der Waals surface area contributed by atoms with Crippen LogP contribution in [0.25, 0.3) is 64.9 Å². The Morgan fingerprint density at radius 3 is 1.61 bits per heavy atom. The van der Waals surface area contributed by atoms with Gasteiger partial charge in [-0.05, 0) is 52.6 Å². The molecule has 0 aliphatic carbocycles. The second kappa shape index (κ2) is 13.0. The minimum absolute atomic E-state index is 0.807. The monoisotopic (exact) mass is 691 g/mol. The summed E-state index contributed by atoms with van der Waals surface area (Å²) < 4.78 is 16.1. The van der Waals surface area contributed by atoms with Gasteiger partial charge in [0.25, 0.3) is 0 Å². The lowest BCUT2D eigenvalue weighted by atomic mass is 9.95. The number of rotatable bonds is 7. The molecule has 5 aromatic carbocycles. The van der Waals surface area contributed by atoms with Gasteiger partial charge in [-0.1, -0.05) is 127 Å². The van der Waals surface area contributed by atoms with E-state index in [1.807, 2.05) is 104 Å². The van der Waals surface area contributed by atoms with Gasteiger partial charge in [-0.15, -0.1) is 11.3 Å². The van der Waals surface area contributed by atoms with Crippen molar-refractivity contribution in [2.75, 3.05) is 0 Å². The maximum absolute atomic E-state index is 15.0. The quantitative estimate of drug-likeness (QED) is 0.156. The van der Waals surface area contributed by atoms with Crippen LogP contribution in [0.2, 0.25) is 0 Å². The summed E-state index contributed by atoms with van der Waals surface area (Å²) in [6.07, 6.45) is 7.39. The standard InChI is InChI=1S/C45H30N3OPS/c49-50(36-12-6-2-7-13-36,37-14-8-3-9-15-37)38-19-16-31(17-20-38)35-18-21-39-40(30-35)48-43(33-10-4-1-5-11-33)42-41(32-22-26-46-27-23-32)44(51-45(39)42)34-24-28-47-29-25-34/h1-30H. The lowest BCUT2D eigenvalue weighted by Crippen LogP contribution is -2.24. The first-order valence-corrected chi connectivity index (χ1v) is 19.3. The topological polar surface area (TPSA) is 55.7 Å². The van der Waals surface area contributed by atoms with Crippen molar-refractivity contribution in [3.63, 3.8) is 0 Å². The predicted octanol–water partition coefficient (Wildman–Crippen LogP) is 10.5. The van der Waals surface area contributed by atoms with Crippen LogP contribution in [0, 0.1) is 0 Å². The van der Waals surface area contributed by atoms with E-state index in [2.05, 4.69) is 88.8 Å². The number of hydrogen-bond acceptors (Lipinski definition) is 5. The van der Waals surface area contributed by atoms with Crippen LogP contribution in [0.5, 0.6) is 0 Å². The largest absolute Gasteiger partial charge is 0.309 e. The van der Waals surface area contributed by atoms with Gasteiger partial charge in [-0.3, -0.25) is 9.97 Å². The Morgan fingerprint density at radius 1 is 0.471 bits per heavy atom. The molecule has 4 heterocycles. The molecule has 0 saturated carbocycles. The van der Waals surface area contributed by atoms with E-state index >= 15 is 0 Å². The van der Waals surface area contributed by atoms with Crippen molar-refractivity contribution in [1.29, 1.82) is 0 Å².